The lowest BCUT2D eigenvalue weighted by molar-refractivity contribution is 0.579. The smallest absolute Gasteiger partial charge is 0.152 e. The van der Waals surface area contributed by atoms with Crippen LogP contribution in [0, 0.1) is 0 Å². The van der Waals surface area contributed by atoms with Crippen molar-refractivity contribution in [2.75, 3.05) is 0 Å². The molecule has 0 fully saturated rings. The van der Waals surface area contributed by atoms with Gasteiger partial charge < -0.3 is 9.72 Å². The molecule has 0 amide bonds. The molecule has 0 aliphatic carbocycles. The molecule has 0 atom stereocenters. The van der Waals surface area contributed by atoms with Crippen LogP contribution in [0.4, 0.5) is 0 Å². The maximum Gasteiger partial charge on any atom is 0.152 e. The minimum atomic E-state index is 0.440. The third-order valence-electron chi connectivity index (χ3n) is 2.26. The van der Waals surface area contributed by atoms with Crippen LogP contribution < -0.4 is 5.32 Å². The Hall–Kier alpha value is -1.06. The van der Waals surface area contributed by atoms with Gasteiger partial charge in [-0.1, -0.05) is 31.5 Å². The van der Waals surface area contributed by atoms with E-state index in [1.165, 1.54) is 0 Å². The van der Waals surface area contributed by atoms with E-state index in [1.807, 2.05) is 28.8 Å². The zero-order valence-corrected chi connectivity index (χ0v) is 9.62. The minimum absolute atomic E-state index is 0.440. The molecule has 1 N–H and O–H groups in total. The largest absolute Gasteiger partial charge is 0.309 e. The SMILES string of the molecule is CC(C)NCc1c(Cl)nc2ccccn12. The van der Waals surface area contributed by atoms with Crippen LogP contribution in [0.1, 0.15) is 19.5 Å². The second-order valence-electron chi connectivity index (χ2n) is 3.81. The summed E-state index contributed by atoms with van der Waals surface area (Å²) in [6, 6.07) is 6.32. The van der Waals surface area contributed by atoms with Gasteiger partial charge in [-0.25, -0.2) is 4.98 Å². The molecular weight excluding hydrogens is 210 g/mol. The summed E-state index contributed by atoms with van der Waals surface area (Å²) >= 11 is 6.08. The van der Waals surface area contributed by atoms with Gasteiger partial charge in [-0.15, -0.1) is 0 Å². The minimum Gasteiger partial charge on any atom is -0.309 e. The first-order chi connectivity index (χ1) is 7.18. The van der Waals surface area contributed by atoms with Crippen LogP contribution >= 0.6 is 11.6 Å². The van der Waals surface area contributed by atoms with Crippen molar-refractivity contribution in [2.45, 2.75) is 26.4 Å². The van der Waals surface area contributed by atoms with Crippen molar-refractivity contribution in [3.63, 3.8) is 0 Å². The molecule has 0 bridgehead atoms. The van der Waals surface area contributed by atoms with Crippen molar-refractivity contribution < 1.29 is 0 Å². The van der Waals surface area contributed by atoms with Crippen molar-refractivity contribution >= 4 is 17.2 Å². The van der Waals surface area contributed by atoms with E-state index in [0.717, 1.165) is 17.9 Å². The van der Waals surface area contributed by atoms with Crippen molar-refractivity contribution in [3.05, 3.63) is 35.2 Å². The molecule has 2 heterocycles. The lowest BCUT2D eigenvalue weighted by atomic mass is 10.3. The number of rotatable bonds is 3. The summed E-state index contributed by atoms with van der Waals surface area (Å²) in [6.45, 7) is 4.95. The number of nitrogens with zero attached hydrogens (tertiary/aromatic N) is 2. The Morgan fingerprint density at radius 1 is 1.47 bits per heavy atom. The standard InChI is InChI=1S/C11H14ClN3/c1-8(2)13-7-9-11(12)14-10-5-3-4-6-15(9)10/h3-6,8,13H,7H2,1-2H3. The highest BCUT2D eigenvalue weighted by Gasteiger charge is 2.09. The Kier molecular flexibility index (Phi) is 2.93. The van der Waals surface area contributed by atoms with Crippen LogP contribution in [-0.4, -0.2) is 15.4 Å². The summed E-state index contributed by atoms with van der Waals surface area (Å²) < 4.78 is 2.01. The molecule has 15 heavy (non-hydrogen) atoms. The molecular formula is C11H14ClN3. The van der Waals surface area contributed by atoms with Crippen LogP contribution in [-0.2, 0) is 6.54 Å². The normalized spacial score (nSPS) is 11.5. The molecule has 0 saturated carbocycles. The first-order valence-corrected chi connectivity index (χ1v) is 5.41. The maximum absolute atomic E-state index is 6.08. The molecule has 0 aliphatic rings. The first kappa shape index (κ1) is 10.5. The van der Waals surface area contributed by atoms with Gasteiger partial charge >= 0.3 is 0 Å². The van der Waals surface area contributed by atoms with Crippen molar-refractivity contribution in [1.29, 1.82) is 0 Å². The molecule has 0 unspecified atom stereocenters. The van der Waals surface area contributed by atoms with Gasteiger partial charge in [-0.3, -0.25) is 0 Å². The highest BCUT2D eigenvalue weighted by Crippen LogP contribution is 2.17. The number of pyridine rings is 1. The van der Waals surface area contributed by atoms with Crippen LogP contribution in [0.15, 0.2) is 24.4 Å². The fourth-order valence-electron chi connectivity index (χ4n) is 1.48. The average molecular weight is 224 g/mol. The van der Waals surface area contributed by atoms with Gasteiger partial charge in [0.15, 0.2) is 5.15 Å². The summed E-state index contributed by atoms with van der Waals surface area (Å²) in [7, 11) is 0. The fraction of sp³-hybridized carbons (Fsp3) is 0.364. The van der Waals surface area contributed by atoms with Crippen LogP contribution in [0.3, 0.4) is 0 Å². The topological polar surface area (TPSA) is 29.3 Å². The molecule has 4 heteroatoms. The summed E-state index contributed by atoms with van der Waals surface area (Å²) in [6.07, 6.45) is 1.98. The highest BCUT2D eigenvalue weighted by molar-refractivity contribution is 6.30. The number of hydrogen-bond donors (Lipinski definition) is 1. The van der Waals surface area contributed by atoms with E-state index in [9.17, 15) is 0 Å². The van der Waals surface area contributed by atoms with Gasteiger partial charge in [0.2, 0.25) is 0 Å². The van der Waals surface area contributed by atoms with Crippen molar-refractivity contribution in [2.24, 2.45) is 0 Å². The van der Waals surface area contributed by atoms with Crippen LogP contribution in [0.2, 0.25) is 5.15 Å². The molecule has 2 rings (SSSR count). The van der Waals surface area contributed by atoms with E-state index in [2.05, 4.69) is 24.1 Å². The molecule has 0 spiro atoms. The van der Waals surface area contributed by atoms with Gasteiger partial charge in [-0.05, 0) is 12.1 Å². The number of imidazole rings is 1. The second-order valence-corrected chi connectivity index (χ2v) is 4.17. The number of hydrogen-bond acceptors (Lipinski definition) is 2. The molecule has 2 aromatic heterocycles. The van der Waals surface area contributed by atoms with Crippen molar-refractivity contribution in [1.82, 2.24) is 14.7 Å². The Morgan fingerprint density at radius 2 is 2.27 bits per heavy atom. The summed E-state index contributed by atoms with van der Waals surface area (Å²) in [5.74, 6) is 0. The molecule has 0 saturated heterocycles. The summed E-state index contributed by atoms with van der Waals surface area (Å²) in [5.41, 5.74) is 1.91. The zero-order chi connectivity index (χ0) is 10.8. The van der Waals surface area contributed by atoms with E-state index in [4.69, 9.17) is 11.6 Å². The lowest BCUT2D eigenvalue weighted by Gasteiger charge is -2.07. The third-order valence-corrected chi connectivity index (χ3v) is 2.56. The first-order valence-electron chi connectivity index (χ1n) is 5.03. The monoisotopic (exact) mass is 223 g/mol. The fourth-order valence-corrected chi connectivity index (χ4v) is 1.72. The van der Waals surface area contributed by atoms with Gasteiger partial charge in [0.25, 0.3) is 0 Å². The molecule has 0 radical (unpaired) electrons. The van der Waals surface area contributed by atoms with E-state index in [-0.39, 0.29) is 0 Å². The lowest BCUT2D eigenvalue weighted by Crippen LogP contribution is -2.22. The predicted molar refractivity (Wildman–Crippen MR) is 62.2 cm³/mol. The summed E-state index contributed by atoms with van der Waals surface area (Å²) in [4.78, 5) is 4.28. The highest BCUT2D eigenvalue weighted by atomic mass is 35.5. The second kappa shape index (κ2) is 4.21. The Labute approximate surface area is 94.1 Å². The molecule has 0 aliphatic heterocycles. The summed E-state index contributed by atoms with van der Waals surface area (Å²) in [5, 5.41) is 3.91. The molecule has 2 aromatic rings. The van der Waals surface area contributed by atoms with E-state index < -0.39 is 0 Å². The van der Waals surface area contributed by atoms with Crippen molar-refractivity contribution in [3.8, 4) is 0 Å². The molecule has 3 nitrogen and oxygen atoms in total. The quantitative estimate of drug-likeness (QED) is 0.867. The Morgan fingerprint density at radius 3 is 3.00 bits per heavy atom. The van der Waals surface area contributed by atoms with Crippen LogP contribution in [0.25, 0.3) is 5.65 Å². The maximum atomic E-state index is 6.08. The number of halogens is 1. The van der Waals surface area contributed by atoms with E-state index >= 15 is 0 Å². The predicted octanol–water partition coefficient (Wildman–Crippen LogP) is 2.49. The van der Waals surface area contributed by atoms with Gasteiger partial charge in [-0.2, -0.15) is 0 Å². The third kappa shape index (κ3) is 2.13. The number of aromatic nitrogens is 2. The number of nitrogens with one attached hydrogen (secondary N) is 1. The molecule has 0 aromatic carbocycles. The van der Waals surface area contributed by atoms with Gasteiger partial charge in [0, 0.05) is 18.8 Å². The Balaban J connectivity index is 2.36. The van der Waals surface area contributed by atoms with Crippen LogP contribution in [0.5, 0.6) is 0 Å². The van der Waals surface area contributed by atoms with Gasteiger partial charge in [0.05, 0.1) is 5.69 Å². The van der Waals surface area contributed by atoms with E-state index in [0.29, 0.717) is 11.2 Å². The Bertz CT molecular complexity index is 462. The van der Waals surface area contributed by atoms with Gasteiger partial charge in [0.1, 0.15) is 5.65 Å². The van der Waals surface area contributed by atoms with E-state index in [1.54, 1.807) is 0 Å². The average Bonchev–Trinajstić information content (AvgIpc) is 2.50. The number of fused-ring (bicyclic) bond motifs is 1. The zero-order valence-electron chi connectivity index (χ0n) is 8.87. The molecule has 80 valence electrons.